The van der Waals surface area contributed by atoms with Crippen molar-refractivity contribution in [2.24, 2.45) is 10.9 Å². The lowest BCUT2D eigenvalue weighted by Gasteiger charge is -2.32. The predicted molar refractivity (Wildman–Crippen MR) is 140 cm³/mol. The molecule has 0 amide bonds. The molecule has 7 heteroatoms. The van der Waals surface area contributed by atoms with E-state index in [-0.39, 0.29) is 24.0 Å². The van der Waals surface area contributed by atoms with E-state index in [1.165, 1.54) is 42.8 Å². The van der Waals surface area contributed by atoms with Gasteiger partial charge in [0.1, 0.15) is 0 Å². The van der Waals surface area contributed by atoms with Crippen LogP contribution in [0, 0.1) is 26.7 Å². The number of likely N-dealkylation sites (tertiary alicyclic amines) is 1. The zero-order valence-corrected chi connectivity index (χ0v) is 21.9. The van der Waals surface area contributed by atoms with Crippen LogP contribution >= 0.6 is 24.0 Å². The third kappa shape index (κ3) is 8.44. The van der Waals surface area contributed by atoms with E-state index in [2.05, 4.69) is 74.5 Å². The molecule has 0 radical (unpaired) electrons. The Bertz CT molecular complexity index is 806. The van der Waals surface area contributed by atoms with Crippen LogP contribution in [0.1, 0.15) is 41.8 Å². The molecule has 1 aromatic heterocycles. The standard InChI is InChI=1S/C24H38N6.HI/c1-19-6-8-23(9-7-19)18-29-14-10-22(11-15-29)17-27-24(25-4)26-12-5-13-30-21(3)16-20(2)28-30;/h6-9,16,22H,5,10-15,17-18H2,1-4H3,(H2,25,26,27);1H. The number of hydrogen-bond donors (Lipinski definition) is 2. The third-order valence-electron chi connectivity index (χ3n) is 5.96. The van der Waals surface area contributed by atoms with Gasteiger partial charge in [0.05, 0.1) is 5.69 Å². The van der Waals surface area contributed by atoms with Crippen molar-refractivity contribution in [2.45, 2.75) is 53.1 Å². The summed E-state index contributed by atoms with van der Waals surface area (Å²) >= 11 is 0. The molecular formula is C24H39IN6. The first-order chi connectivity index (χ1) is 14.5. The maximum Gasteiger partial charge on any atom is 0.190 e. The fourth-order valence-corrected chi connectivity index (χ4v) is 4.10. The van der Waals surface area contributed by atoms with Gasteiger partial charge < -0.3 is 10.6 Å². The predicted octanol–water partition coefficient (Wildman–Crippen LogP) is 3.89. The normalized spacial score (nSPS) is 15.5. The van der Waals surface area contributed by atoms with E-state index in [9.17, 15) is 0 Å². The van der Waals surface area contributed by atoms with Crippen LogP contribution in [-0.2, 0) is 13.1 Å². The molecule has 6 nitrogen and oxygen atoms in total. The number of aryl methyl sites for hydroxylation is 4. The number of benzene rings is 1. The number of piperidine rings is 1. The molecule has 0 aliphatic carbocycles. The number of nitrogens with one attached hydrogen (secondary N) is 2. The maximum atomic E-state index is 4.52. The highest BCUT2D eigenvalue weighted by Crippen LogP contribution is 2.18. The van der Waals surface area contributed by atoms with E-state index in [0.29, 0.717) is 5.92 Å². The van der Waals surface area contributed by atoms with E-state index in [1.54, 1.807) is 0 Å². The zero-order valence-electron chi connectivity index (χ0n) is 19.5. The van der Waals surface area contributed by atoms with Crippen molar-refractivity contribution < 1.29 is 0 Å². The van der Waals surface area contributed by atoms with Crippen molar-refractivity contribution in [1.29, 1.82) is 0 Å². The third-order valence-corrected chi connectivity index (χ3v) is 5.96. The van der Waals surface area contributed by atoms with Gasteiger partial charge in [0.25, 0.3) is 0 Å². The van der Waals surface area contributed by atoms with Crippen LogP contribution in [0.3, 0.4) is 0 Å². The van der Waals surface area contributed by atoms with E-state index in [0.717, 1.165) is 44.3 Å². The van der Waals surface area contributed by atoms with E-state index < -0.39 is 0 Å². The van der Waals surface area contributed by atoms with Gasteiger partial charge >= 0.3 is 0 Å². The van der Waals surface area contributed by atoms with Crippen LogP contribution in [0.15, 0.2) is 35.3 Å². The van der Waals surface area contributed by atoms with Gasteiger partial charge in [0.15, 0.2) is 5.96 Å². The Morgan fingerprint density at radius 2 is 1.81 bits per heavy atom. The highest BCUT2D eigenvalue weighted by molar-refractivity contribution is 14.0. The zero-order chi connectivity index (χ0) is 21.3. The van der Waals surface area contributed by atoms with Crippen molar-refractivity contribution in [3.05, 3.63) is 52.8 Å². The molecule has 1 fully saturated rings. The van der Waals surface area contributed by atoms with Crippen molar-refractivity contribution >= 4 is 29.9 Å². The first kappa shape index (κ1) is 25.6. The van der Waals surface area contributed by atoms with Crippen LogP contribution in [0.25, 0.3) is 0 Å². The summed E-state index contributed by atoms with van der Waals surface area (Å²) in [5.74, 6) is 1.62. The monoisotopic (exact) mass is 538 g/mol. The molecule has 31 heavy (non-hydrogen) atoms. The summed E-state index contributed by atoms with van der Waals surface area (Å²) in [7, 11) is 1.85. The molecule has 1 aliphatic heterocycles. The van der Waals surface area contributed by atoms with E-state index in [1.807, 2.05) is 14.0 Å². The first-order valence-corrected chi connectivity index (χ1v) is 11.3. The fourth-order valence-electron chi connectivity index (χ4n) is 4.10. The number of rotatable bonds is 8. The van der Waals surface area contributed by atoms with Crippen molar-refractivity contribution in [2.75, 3.05) is 33.2 Å². The Hall–Kier alpha value is -1.61. The van der Waals surface area contributed by atoms with Crippen molar-refractivity contribution in [3.8, 4) is 0 Å². The lowest BCUT2D eigenvalue weighted by atomic mass is 9.96. The summed E-state index contributed by atoms with van der Waals surface area (Å²) in [5, 5.41) is 11.5. The molecule has 0 spiro atoms. The second-order valence-electron chi connectivity index (χ2n) is 8.59. The van der Waals surface area contributed by atoms with Gasteiger partial charge in [-0.1, -0.05) is 29.8 Å². The largest absolute Gasteiger partial charge is 0.356 e. The minimum Gasteiger partial charge on any atom is -0.356 e. The van der Waals surface area contributed by atoms with Crippen LogP contribution in [0.5, 0.6) is 0 Å². The Balaban J connectivity index is 0.00000341. The van der Waals surface area contributed by atoms with Gasteiger partial charge in [-0.3, -0.25) is 14.6 Å². The van der Waals surface area contributed by atoms with Gasteiger partial charge in [0.2, 0.25) is 0 Å². The Morgan fingerprint density at radius 1 is 1.10 bits per heavy atom. The average Bonchev–Trinajstić information content (AvgIpc) is 3.07. The molecule has 0 saturated carbocycles. The number of guanidine groups is 1. The quantitative estimate of drug-likeness (QED) is 0.232. The Morgan fingerprint density at radius 3 is 2.42 bits per heavy atom. The molecule has 1 aliphatic rings. The summed E-state index contributed by atoms with van der Waals surface area (Å²) in [6.45, 7) is 12.5. The lowest BCUT2D eigenvalue weighted by molar-refractivity contribution is 0.178. The van der Waals surface area contributed by atoms with Gasteiger partial charge in [0, 0.05) is 38.9 Å². The Kier molecular flexibility index (Phi) is 10.8. The van der Waals surface area contributed by atoms with E-state index in [4.69, 9.17) is 0 Å². The topological polar surface area (TPSA) is 57.5 Å². The molecule has 2 aromatic rings. The average molecular weight is 539 g/mol. The first-order valence-electron chi connectivity index (χ1n) is 11.3. The number of aliphatic imine (C=N–C) groups is 1. The summed E-state index contributed by atoms with van der Waals surface area (Å²) in [5.41, 5.74) is 5.06. The van der Waals surface area contributed by atoms with Crippen molar-refractivity contribution in [3.63, 3.8) is 0 Å². The number of aromatic nitrogens is 2. The van der Waals surface area contributed by atoms with E-state index >= 15 is 0 Å². The van der Waals surface area contributed by atoms with Crippen LogP contribution in [0.4, 0.5) is 0 Å². The molecule has 0 bridgehead atoms. The van der Waals surface area contributed by atoms with Crippen LogP contribution in [0.2, 0.25) is 0 Å². The SMILES string of the molecule is CN=C(NCCCn1nc(C)cc1C)NCC1CCN(Cc2ccc(C)cc2)CC1.I. The summed E-state index contributed by atoms with van der Waals surface area (Å²) < 4.78 is 2.08. The molecule has 2 heterocycles. The minimum atomic E-state index is 0. The maximum absolute atomic E-state index is 4.52. The van der Waals surface area contributed by atoms with Gasteiger partial charge in [-0.15, -0.1) is 24.0 Å². The van der Waals surface area contributed by atoms with Gasteiger partial charge in [-0.25, -0.2) is 0 Å². The summed E-state index contributed by atoms with van der Waals surface area (Å²) in [6, 6.07) is 11.1. The van der Waals surface area contributed by atoms with Crippen LogP contribution in [-0.4, -0.2) is 53.9 Å². The molecule has 1 saturated heterocycles. The Labute approximate surface area is 204 Å². The summed E-state index contributed by atoms with van der Waals surface area (Å²) in [6.07, 6.45) is 3.52. The summed E-state index contributed by atoms with van der Waals surface area (Å²) in [4.78, 5) is 6.95. The molecular weight excluding hydrogens is 499 g/mol. The smallest absolute Gasteiger partial charge is 0.190 e. The molecule has 0 unspecified atom stereocenters. The molecule has 3 rings (SSSR count). The fraction of sp³-hybridized carbons (Fsp3) is 0.583. The second kappa shape index (κ2) is 13.1. The minimum absolute atomic E-state index is 0. The molecule has 1 aromatic carbocycles. The van der Waals surface area contributed by atoms with Crippen LogP contribution < -0.4 is 10.6 Å². The number of halogens is 1. The van der Waals surface area contributed by atoms with Gasteiger partial charge in [-0.2, -0.15) is 5.10 Å². The highest BCUT2D eigenvalue weighted by Gasteiger charge is 2.19. The second-order valence-corrected chi connectivity index (χ2v) is 8.59. The van der Waals surface area contributed by atoms with Gasteiger partial charge in [-0.05, 0) is 70.7 Å². The lowest BCUT2D eigenvalue weighted by Crippen LogP contribution is -2.43. The molecule has 2 N–H and O–H groups in total. The number of hydrogen-bond acceptors (Lipinski definition) is 3. The highest BCUT2D eigenvalue weighted by atomic mass is 127. The molecule has 0 atom stereocenters. The number of nitrogens with zero attached hydrogens (tertiary/aromatic N) is 4. The van der Waals surface area contributed by atoms with Crippen molar-refractivity contribution in [1.82, 2.24) is 25.3 Å². The molecule has 172 valence electrons.